The quantitative estimate of drug-likeness (QED) is 0.183. The topological polar surface area (TPSA) is 51.8 Å². The van der Waals surface area contributed by atoms with E-state index in [2.05, 4.69) is 121 Å². The first kappa shape index (κ1) is 27.5. The van der Waals surface area contributed by atoms with E-state index in [-0.39, 0.29) is 0 Å². The van der Waals surface area contributed by atoms with E-state index in [0.717, 1.165) is 71.3 Å². The highest BCUT2D eigenvalue weighted by Crippen LogP contribution is 2.43. The van der Waals surface area contributed by atoms with Crippen molar-refractivity contribution < 1.29 is 4.42 Å². The van der Waals surface area contributed by atoms with Gasteiger partial charge in [0.1, 0.15) is 11.2 Å². The van der Waals surface area contributed by atoms with Gasteiger partial charge in [-0.25, -0.2) is 15.0 Å². The van der Waals surface area contributed by atoms with Crippen molar-refractivity contribution in [2.75, 3.05) is 0 Å². The first-order valence-electron chi connectivity index (χ1n) is 16.5. The Bertz CT molecular complexity index is 2880. The summed E-state index contributed by atoms with van der Waals surface area (Å²) in [7, 11) is 0. The molecule has 10 rings (SSSR count). The van der Waals surface area contributed by atoms with Crippen LogP contribution in [0.15, 0.2) is 168 Å². The summed E-state index contributed by atoms with van der Waals surface area (Å²) < 4.78 is 6.68. The number of fused-ring (bicyclic) bond motifs is 8. The Kier molecular flexibility index (Phi) is 6.15. The molecule has 0 aliphatic heterocycles. The van der Waals surface area contributed by atoms with Crippen LogP contribution in [0.2, 0.25) is 0 Å². The lowest BCUT2D eigenvalue weighted by molar-refractivity contribution is 0.673. The summed E-state index contributed by atoms with van der Waals surface area (Å²) in [5.74, 6) is 1.85. The molecule has 0 saturated carbocycles. The van der Waals surface area contributed by atoms with Crippen LogP contribution in [0.4, 0.5) is 0 Å². The van der Waals surface area contributed by atoms with Gasteiger partial charge in [-0.05, 0) is 56.3 Å². The van der Waals surface area contributed by atoms with E-state index in [9.17, 15) is 0 Å². The van der Waals surface area contributed by atoms with Crippen LogP contribution in [-0.4, -0.2) is 15.0 Å². The van der Waals surface area contributed by atoms with Crippen molar-refractivity contribution in [3.8, 4) is 45.3 Å². The number of aromatic nitrogens is 3. The second kappa shape index (κ2) is 11.0. The van der Waals surface area contributed by atoms with E-state index >= 15 is 0 Å². The molecule has 2 aromatic heterocycles. The molecular weight excluding hydrogens is 599 g/mol. The number of rotatable bonds is 4. The monoisotopic (exact) mass is 625 g/mol. The summed E-state index contributed by atoms with van der Waals surface area (Å²) in [6.07, 6.45) is 0. The SMILES string of the molecule is c1ccc(-c2nc(-c3cc4ccccc4c4ccccc34)nc(-c3cccc4oc5c6ccccc6c(-c6ccccc6)cc5c34)n2)cc1. The van der Waals surface area contributed by atoms with Crippen molar-refractivity contribution in [3.63, 3.8) is 0 Å². The van der Waals surface area contributed by atoms with Crippen molar-refractivity contribution in [1.29, 1.82) is 0 Å². The van der Waals surface area contributed by atoms with Crippen LogP contribution >= 0.6 is 0 Å². The molecule has 4 nitrogen and oxygen atoms in total. The predicted molar refractivity (Wildman–Crippen MR) is 201 cm³/mol. The van der Waals surface area contributed by atoms with Gasteiger partial charge in [-0.3, -0.25) is 0 Å². The molecule has 0 spiro atoms. The van der Waals surface area contributed by atoms with E-state index in [4.69, 9.17) is 19.4 Å². The summed E-state index contributed by atoms with van der Waals surface area (Å²) in [4.78, 5) is 15.6. The molecule has 0 atom stereocenters. The Balaban J connectivity index is 1.29. The lowest BCUT2D eigenvalue weighted by Gasteiger charge is -2.13. The maximum Gasteiger partial charge on any atom is 0.164 e. The Morgan fingerprint density at radius 2 is 0.918 bits per heavy atom. The van der Waals surface area contributed by atoms with Gasteiger partial charge in [-0.1, -0.05) is 146 Å². The fourth-order valence-corrected chi connectivity index (χ4v) is 7.26. The molecule has 0 fully saturated rings. The van der Waals surface area contributed by atoms with Gasteiger partial charge in [0, 0.05) is 32.8 Å². The standard InChI is InChI=1S/C45H27N3O/c1-3-14-28(15-4-1)37-27-39-41-36(24-13-25-40(41)49-42(39)35-23-12-11-22-34(35)37)44-46-43(29-16-5-2-6-17-29)47-45(48-44)38-26-30-18-7-8-19-31(30)32-20-9-10-21-33(32)38/h1-27H. The Morgan fingerprint density at radius 3 is 1.67 bits per heavy atom. The van der Waals surface area contributed by atoms with Gasteiger partial charge >= 0.3 is 0 Å². The van der Waals surface area contributed by atoms with Gasteiger partial charge in [-0.15, -0.1) is 0 Å². The van der Waals surface area contributed by atoms with Gasteiger partial charge < -0.3 is 4.42 Å². The molecule has 2 heterocycles. The number of hydrogen-bond acceptors (Lipinski definition) is 4. The molecule has 0 bridgehead atoms. The molecule has 8 aromatic carbocycles. The molecule has 228 valence electrons. The zero-order chi connectivity index (χ0) is 32.3. The second-order valence-corrected chi connectivity index (χ2v) is 12.4. The van der Waals surface area contributed by atoms with E-state index in [1.165, 1.54) is 10.8 Å². The van der Waals surface area contributed by atoms with Crippen LogP contribution in [0.1, 0.15) is 0 Å². The van der Waals surface area contributed by atoms with Crippen LogP contribution in [0.25, 0.3) is 99.5 Å². The number of benzene rings is 8. The van der Waals surface area contributed by atoms with E-state index < -0.39 is 0 Å². The molecule has 0 saturated heterocycles. The zero-order valence-electron chi connectivity index (χ0n) is 26.3. The van der Waals surface area contributed by atoms with Gasteiger partial charge in [0.25, 0.3) is 0 Å². The fourth-order valence-electron chi connectivity index (χ4n) is 7.26. The van der Waals surface area contributed by atoms with Gasteiger partial charge in [0.2, 0.25) is 0 Å². The summed E-state index contributed by atoms with van der Waals surface area (Å²) in [5, 5.41) is 8.86. The lowest BCUT2D eigenvalue weighted by atomic mass is 9.94. The minimum atomic E-state index is 0.601. The van der Waals surface area contributed by atoms with Crippen LogP contribution in [0, 0.1) is 0 Å². The first-order chi connectivity index (χ1) is 24.3. The van der Waals surface area contributed by atoms with E-state index in [0.29, 0.717) is 17.5 Å². The zero-order valence-corrected chi connectivity index (χ0v) is 26.3. The van der Waals surface area contributed by atoms with Crippen molar-refractivity contribution in [2.24, 2.45) is 0 Å². The fraction of sp³-hybridized carbons (Fsp3) is 0. The van der Waals surface area contributed by atoms with Crippen LogP contribution < -0.4 is 0 Å². The maximum absolute atomic E-state index is 6.68. The second-order valence-electron chi connectivity index (χ2n) is 12.4. The van der Waals surface area contributed by atoms with E-state index in [1.807, 2.05) is 42.5 Å². The molecule has 49 heavy (non-hydrogen) atoms. The maximum atomic E-state index is 6.68. The first-order valence-corrected chi connectivity index (χ1v) is 16.5. The molecule has 0 radical (unpaired) electrons. The van der Waals surface area contributed by atoms with Crippen LogP contribution in [-0.2, 0) is 0 Å². The van der Waals surface area contributed by atoms with Gasteiger partial charge in [0.05, 0.1) is 0 Å². The summed E-state index contributed by atoms with van der Waals surface area (Å²) in [6, 6.07) is 56.8. The minimum Gasteiger partial charge on any atom is -0.455 e. The Hall–Kier alpha value is -6.65. The third-order valence-corrected chi connectivity index (χ3v) is 9.50. The Labute approximate surface area is 282 Å². The summed E-state index contributed by atoms with van der Waals surface area (Å²) in [5.41, 5.74) is 6.76. The number of nitrogens with zero attached hydrogens (tertiary/aromatic N) is 3. The van der Waals surface area contributed by atoms with Gasteiger partial charge in [0.15, 0.2) is 17.5 Å². The molecule has 4 heteroatoms. The van der Waals surface area contributed by atoms with Crippen LogP contribution in [0.5, 0.6) is 0 Å². The predicted octanol–water partition coefficient (Wildman–Crippen LogP) is 11.9. The molecule has 0 unspecified atom stereocenters. The van der Waals surface area contributed by atoms with Crippen molar-refractivity contribution in [3.05, 3.63) is 164 Å². The van der Waals surface area contributed by atoms with Crippen molar-refractivity contribution in [2.45, 2.75) is 0 Å². The number of hydrogen-bond donors (Lipinski definition) is 0. The minimum absolute atomic E-state index is 0.601. The van der Waals surface area contributed by atoms with Crippen LogP contribution in [0.3, 0.4) is 0 Å². The van der Waals surface area contributed by atoms with Gasteiger partial charge in [-0.2, -0.15) is 0 Å². The molecule has 0 aliphatic carbocycles. The average Bonchev–Trinajstić information content (AvgIpc) is 3.57. The normalized spacial score (nSPS) is 11.7. The third-order valence-electron chi connectivity index (χ3n) is 9.50. The largest absolute Gasteiger partial charge is 0.455 e. The summed E-state index contributed by atoms with van der Waals surface area (Å²) in [6.45, 7) is 0. The van der Waals surface area contributed by atoms with Crippen molar-refractivity contribution >= 4 is 54.3 Å². The highest BCUT2D eigenvalue weighted by atomic mass is 16.3. The molecule has 0 N–H and O–H groups in total. The lowest BCUT2D eigenvalue weighted by Crippen LogP contribution is -2.01. The highest BCUT2D eigenvalue weighted by molar-refractivity contribution is 6.22. The molecule has 0 amide bonds. The Morgan fingerprint density at radius 1 is 0.347 bits per heavy atom. The third kappa shape index (κ3) is 4.42. The molecular formula is C45H27N3O. The molecule has 10 aromatic rings. The van der Waals surface area contributed by atoms with E-state index in [1.54, 1.807) is 0 Å². The van der Waals surface area contributed by atoms with Crippen molar-refractivity contribution in [1.82, 2.24) is 15.0 Å². The summed E-state index contributed by atoms with van der Waals surface area (Å²) >= 11 is 0. The highest BCUT2D eigenvalue weighted by Gasteiger charge is 2.21. The average molecular weight is 626 g/mol. The number of furan rings is 1. The molecule has 0 aliphatic rings. The smallest absolute Gasteiger partial charge is 0.164 e.